The van der Waals surface area contributed by atoms with E-state index in [9.17, 15) is 32.3 Å². The van der Waals surface area contributed by atoms with E-state index in [1.807, 2.05) is 4.90 Å². The van der Waals surface area contributed by atoms with Crippen LogP contribution in [-0.4, -0.2) is 59.5 Å². The summed E-state index contributed by atoms with van der Waals surface area (Å²) in [7, 11) is 0. The number of para-hydroxylation sites is 2. The molecule has 212 valence electrons. The number of aromatic nitrogens is 2. The van der Waals surface area contributed by atoms with Crippen LogP contribution in [0.4, 0.5) is 18.9 Å². The van der Waals surface area contributed by atoms with Crippen LogP contribution < -0.4 is 32.1 Å². The van der Waals surface area contributed by atoms with E-state index in [2.05, 4.69) is 4.90 Å². The number of hydrogen-bond acceptors (Lipinski definition) is 10. The molecule has 4 aromatic rings. The molecule has 5 rings (SSSR count). The molecule has 1 fully saturated rings. The fourth-order valence-corrected chi connectivity index (χ4v) is 4.53. The van der Waals surface area contributed by atoms with Gasteiger partial charge in [0, 0.05) is 32.7 Å². The van der Waals surface area contributed by atoms with Gasteiger partial charge in [-0.15, -0.1) is 0 Å². The van der Waals surface area contributed by atoms with Gasteiger partial charge in [0.15, 0.2) is 6.61 Å². The Morgan fingerprint density at radius 3 is 2.35 bits per heavy atom. The van der Waals surface area contributed by atoms with Crippen molar-refractivity contribution < 1.29 is 31.3 Å². The van der Waals surface area contributed by atoms with E-state index in [1.165, 1.54) is 24.5 Å². The number of nitrogens with zero attached hydrogens (tertiary/aromatic N) is 4. The maximum absolute atomic E-state index is 13.2. The van der Waals surface area contributed by atoms with E-state index in [0.717, 1.165) is 4.57 Å². The normalized spacial score (nSPS) is 14.6. The molecule has 15 heteroatoms. The number of hydrogen-bond donors (Lipinski definition) is 0. The Bertz CT molecular complexity index is 1730. The number of furan rings is 1. The Morgan fingerprint density at radius 2 is 1.65 bits per heavy atom. The Hall–Kier alpha value is -4.53. The predicted molar refractivity (Wildman–Crippen MR) is 134 cm³/mol. The molecule has 0 amide bonds. The summed E-state index contributed by atoms with van der Waals surface area (Å²) in [6, 6.07) is 9.47. The zero-order chi connectivity index (χ0) is 28.4. The maximum Gasteiger partial charge on any atom is 0.442 e. The molecule has 0 spiro atoms. The molecule has 0 aliphatic carbocycles. The van der Waals surface area contributed by atoms with Crippen molar-refractivity contribution in [1.82, 2.24) is 14.0 Å². The monoisotopic (exact) mass is 564 g/mol. The second-order valence-corrected chi connectivity index (χ2v) is 9.01. The van der Waals surface area contributed by atoms with Crippen molar-refractivity contribution >= 4 is 11.4 Å². The van der Waals surface area contributed by atoms with Gasteiger partial charge in [-0.25, -0.2) is 14.4 Å². The fraction of sp³-hybridized carbons (Fsp3) is 0.360. The lowest BCUT2D eigenvalue weighted by Crippen LogP contribution is -2.47. The molecular weight excluding hydrogens is 541 g/mol. The van der Waals surface area contributed by atoms with Crippen molar-refractivity contribution in [2.24, 2.45) is 0 Å². The Balaban J connectivity index is 1.28. The van der Waals surface area contributed by atoms with Crippen molar-refractivity contribution in [2.45, 2.75) is 19.1 Å². The number of anilines is 1. The van der Waals surface area contributed by atoms with Gasteiger partial charge in [-0.3, -0.25) is 14.3 Å². The number of rotatable bonds is 8. The van der Waals surface area contributed by atoms with Crippen LogP contribution in [0.1, 0.15) is 6.42 Å². The molecule has 40 heavy (non-hydrogen) atoms. The Morgan fingerprint density at radius 1 is 0.900 bits per heavy atom. The molecule has 0 radical (unpaired) electrons. The lowest BCUT2D eigenvalue weighted by atomic mass is 10.2. The van der Waals surface area contributed by atoms with Gasteiger partial charge >= 0.3 is 23.1 Å². The SMILES string of the molecule is O=c1oc2c(-c3ccco3)c(=O)n(CCCN3CCN(c4ccccc4OCC(F)(F)F)CC3)c(=O)n2oc1=O. The van der Waals surface area contributed by atoms with Gasteiger partial charge in [0.1, 0.15) is 17.1 Å². The predicted octanol–water partition coefficient (Wildman–Crippen LogP) is 1.78. The first-order chi connectivity index (χ1) is 19.1. The minimum atomic E-state index is -4.45. The van der Waals surface area contributed by atoms with Gasteiger partial charge in [0.2, 0.25) is 0 Å². The topological polar surface area (TPSA) is 133 Å². The first-order valence-electron chi connectivity index (χ1n) is 12.3. The standard InChI is InChI=1S/C25H23F3N4O8/c26-25(27,28)15-38-17-6-2-1-5-16(17)30-12-10-29(11-13-30)8-4-9-31-20(33)19(18-7-3-14-37-18)21-32(24(31)36)40-23(35)22(34)39-21/h1-3,5-7,14H,4,8-13,15H2. The van der Waals surface area contributed by atoms with E-state index < -0.39 is 41.0 Å². The number of fused-ring (bicyclic) bond motifs is 1. The molecule has 4 heterocycles. The van der Waals surface area contributed by atoms with Crippen molar-refractivity contribution in [1.29, 1.82) is 0 Å². The highest BCUT2D eigenvalue weighted by Crippen LogP contribution is 2.30. The maximum atomic E-state index is 13.2. The smallest absolute Gasteiger partial charge is 0.442 e. The second-order valence-electron chi connectivity index (χ2n) is 9.01. The van der Waals surface area contributed by atoms with Gasteiger partial charge in [0.25, 0.3) is 11.3 Å². The largest absolute Gasteiger partial charge is 0.482 e. The molecule has 12 nitrogen and oxygen atoms in total. The van der Waals surface area contributed by atoms with Gasteiger partial charge in [-0.05, 0) is 37.2 Å². The number of ether oxygens (including phenoxy) is 1. The quantitative estimate of drug-likeness (QED) is 0.292. The van der Waals surface area contributed by atoms with E-state index >= 15 is 0 Å². The molecule has 1 aliphatic rings. The Kier molecular flexibility index (Phi) is 7.38. The number of halogens is 3. The average Bonchev–Trinajstić information content (AvgIpc) is 3.45. The van der Waals surface area contributed by atoms with Crippen LogP contribution in [0.15, 0.2) is 75.2 Å². The highest BCUT2D eigenvalue weighted by atomic mass is 19.4. The van der Waals surface area contributed by atoms with E-state index in [-0.39, 0.29) is 23.6 Å². The number of benzene rings is 1. The minimum Gasteiger partial charge on any atom is -0.482 e. The Labute approximate surface area is 222 Å². The molecule has 1 aromatic carbocycles. The fourth-order valence-electron chi connectivity index (χ4n) is 4.53. The number of piperazine rings is 1. The third-order valence-electron chi connectivity index (χ3n) is 6.39. The summed E-state index contributed by atoms with van der Waals surface area (Å²) < 4.78 is 59.2. The minimum absolute atomic E-state index is 0.0175. The summed E-state index contributed by atoms with van der Waals surface area (Å²) >= 11 is 0. The molecule has 0 unspecified atom stereocenters. The number of alkyl halides is 3. The summed E-state index contributed by atoms with van der Waals surface area (Å²) in [5, 5.41) is 0. The van der Waals surface area contributed by atoms with E-state index in [0.29, 0.717) is 49.4 Å². The summed E-state index contributed by atoms with van der Waals surface area (Å²) in [5.74, 6) is 0.170. The molecule has 1 aliphatic heterocycles. The van der Waals surface area contributed by atoms with Crippen molar-refractivity contribution in [3.05, 3.63) is 84.3 Å². The summed E-state index contributed by atoms with van der Waals surface area (Å²) in [6.45, 7) is 1.29. The lowest BCUT2D eigenvalue weighted by Gasteiger charge is -2.36. The third-order valence-corrected chi connectivity index (χ3v) is 6.39. The zero-order valence-electron chi connectivity index (χ0n) is 20.9. The van der Waals surface area contributed by atoms with Gasteiger partial charge in [0.05, 0.1) is 12.0 Å². The van der Waals surface area contributed by atoms with E-state index in [4.69, 9.17) is 18.1 Å². The van der Waals surface area contributed by atoms with Crippen LogP contribution in [0.5, 0.6) is 5.75 Å². The van der Waals surface area contributed by atoms with Crippen LogP contribution in [-0.2, 0) is 6.54 Å². The highest BCUT2D eigenvalue weighted by molar-refractivity contribution is 5.70. The molecule has 1 saturated heterocycles. The second kappa shape index (κ2) is 10.9. The summed E-state index contributed by atoms with van der Waals surface area (Å²) in [6.07, 6.45) is -2.79. The van der Waals surface area contributed by atoms with E-state index in [1.54, 1.807) is 18.2 Å². The van der Waals surface area contributed by atoms with Crippen LogP contribution in [0, 0.1) is 0 Å². The summed E-state index contributed by atoms with van der Waals surface area (Å²) in [5.41, 5.74) is -4.77. The highest BCUT2D eigenvalue weighted by Gasteiger charge is 2.29. The van der Waals surface area contributed by atoms with Gasteiger partial charge in [-0.1, -0.05) is 16.7 Å². The first-order valence-corrected chi connectivity index (χ1v) is 12.3. The van der Waals surface area contributed by atoms with Gasteiger partial charge < -0.3 is 23.0 Å². The third kappa shape index (κ3) is 5.59. The molecule has 0 N–H and O–H groups in total. The molecular formula is C25H23F3N4O8. The van der Waals surface area contributed by atoms with Crippen LogP contribution in [0.3, 0.4) is 0 Å². The van der Waals surface area contributed by atoms with Crippen molar-refractivity contribution in [3.63, 3.8) is 0 Å². The van der Waals surface area contributed by atoms with Crippen molar-refractivity contribution in [2.75, 3.05) is 44.2 Å². The molecule has 3 aromatic heterocycles. The molecule has 0 saturated carbocycles. The zero-order valence-corrected chi connectivity index (χ0v) is 20.9. The molecule has 0 bridgehead atoms. The first kappa shape index (κ1) is 27.1. The molecule has 0 atom stereocenters. The lowest BCUT2D eigenvalue weighted by molar-refractivity contribution is -0.153. The summed E-state index contributed by atoms with van der Waals surface area (Å²) in [4.78, 5) is 53.7. The van der Waals surface area contributed by atoms with Crippen LogP contribution in [0.2, 0.25) is 0 Å². The van der Waals surface area contributed by atoms with Gasteiger partial charge in [-0.2, -0.15) is 13.2 Å². The van der Waals surface area contributed by atoms with Crippen molar-refractivity contribution in [3.8, 4) is 17.1 Å². The van der Waals surface area contributed by atoms with Crippen LogP contribution in [0.25, 0.3) is 17.0 Å². The average molecular weight is 564 g/mol. The van der Waals surface area contributed by atoms with Crippen LogP contribution >= 0.6 is 0 Å².